The summed E-state index contributed by atoms with van der Waals surface area (Å²) in [5.74, 6) is 0. The fraction of sp³-hybridized carbons (Fsp3) is 0.700. The van der Waals surface area contributed by atoms with Gasteiger partial charge in [0.25, 0.3) is 0 Å². The molecule has 0 spiro atoms. The first-order valence-electron chi connectivity index (χ1n) is 5.09. The van der Waals surface area contributed by atoms with E-state index in [-0.39, 0.29) is 0 Å². The molecule has 14 heavy (non-hydrogen) atoms. The van der Waals surface area contributed by atoms with Crippen LogP contribution in [0.3, 0.4) is 0 Å². The summed E-state index contributed by atoms with van der Waals surface area (Å²) in [6.07, 6.45) is 5.06. The number of likely N-dealkylation sites (N-methyl/N-ethyl adjacent to an activating group) is 1. The van der Waals surface area contributed by atoms with Crippen LogP contribution < -0.4 is 0 Å². The van der Waals surface area contributed by atoms with E-state index in [0.29, 0.717) is 6.04 Å². The van der Waals surface area contributed by atoms with Crippen LogP contribution in [0.1, 0.15) is 20.3 Å². The molecule has 0 bridgehead atoms. The van der Waals surface area contributed by atoms with E-state index >= 15 is 0 Å². The van der Waals surface area contributed by atoms with E-state index < -0.39 is 0 Å². The van der Waals surface area contributed by atoms with Crippen LogP contribution >= 0.6 is 12.2 Å². The van der Waals surface area contributed by atoms with Crippen LogP contribution in [0, 0.1) is 4.77 Å². The van der Waals surface area contributed by atoms with Crippen molar-refractivity contribution in [3.05, 3.63) is 17.2 Å². The van der Waals surface area contributed by atoms with Crippen molar-refractivity contribution in [2.24, 2.45) is 0 Å². The van der Waals surface area contributed by atoms with Gasteiger partial charge < -0.3 is 14.5 Å². The fourth-order valence-electron chi connectivity index (χ4n) is 1.32. The molecular weight excluding hydrogens is 194 g/mol. The summed E-state index contributed by atoms with van der Waals surface area (Å²) in [5, 5.41) is 0. The molecule has 0 aliphatic rings. The lowest BCUT2D eigenvalue weighted by Gasteiger charge is -2.23. The van der Waals surface area contributed by atoms with Crippen molar-refractivity contribution in [3.63, 3.8) is 0 Å². The Bertz CT molecular complexity index is 315. The van der Waals surface area contributed by atoms with E-state index in [4.69, 9.17) is 12.2 Å². The van der Waals surface area contributed by atoms with Gasteiger partial charge in [0.1, 0.15) is 0 Å². The second-order valence-corrected chi connectivity index (χ2v) is 4.08. The molecule has 4 heteroatoms. The Morgan fingerprint density at radius 3 is 2.86 bits per heavy atom. The van der Waals surface area contributed by atoms with Crippen molar-refractivity contribution in [1.29, 1.82) is 0 Å². The zero-order valence-electron chi connectivity index (χ0n) is 9.16. The van der Waals surface area contributed by atoms with Gasteiger partial charge in [-0.3, -0.25) is 0 Å². The number of nitrogens with zero attached hydrogens (tertiary/aromatic N) is 2. The van der Waals surface area contributed by atoms with E-state index in [1.807, 2.05) is 12.4 Å². The number of nitrogens with one attached hydrogen (secondary N) is 1. The number of imidazole rings is 1. The third kappa shape index (κ3) is 2.96. The van der Waals surface area contributed by atoms with Gasteiger partial charge in [0, 0.05) is 31.5 Å². The zero-order valence-corrected chi connectivity index (χ0v) is 9.97. The highest BCUT2D eigenvalue weighted by Crippen LogP contribution is 2.00. The van der Waals surface area contributed by atoms with Crippen molar-refractivity contribution in [2.45, 2.75) is 32.9 Å². The van der Waals surface area contributed by atoms with Crippen molar-refractivity contribution in [3.8, 4) is 0 Å². The van der Waals surface area contributed by atoms with Gasteiger partial charge >= 0.3 is 0 Å². The van der Waals surface area contributed by atoms with Gasteiger partial charge in [0.15, 0.2) is 4.77 Å². The Hall–Kier alpha value is -0.610. The molecule has 0 saturated carbocycles. The molecule has 80 valence electrons. The second kappa shape index (κ2) is 5.32. The smallest absolute Gasteiger partial charge is 0.177 e. The van der Waals surface area contributed by atoms with Crippen LogP contribution in [0.4, 0.5) is 0 Å². The highest BCUT2D eigenvalue weighted by atomic mass is 32.1. The monoisotopic (exact) mass is 213 g/mol. The number of hydrogen-bond donors (Lipinski definition) is 1. The van der Waals surface area contributed by atoms with Gasteiger partial charge in [-0.15, -0.1) is 0 Å². The molecule has 0 aromatic carbocycles. The number of H-pyrrole nitrogens is 1. The summed E-state index contributed by atoms with van der Waals surface area (Å²) in [4.78, 5) is 5.35. The Kier molecular flexibility index (Phi) is 4.35. The third-order valence-electron chi connectivity index (χ3n) is 2.76. The summed E-state index contributed by atoms with van der Waals surface area (Å²) in [6.45, 7) is 6.46. The normalized spacial score (nSPS) is 13.4. The van der Waals surface area contributed by atoms with Crippen LogP contribution in [-0.4, -0.2) is 34.1 Å². The molecule has 0 fully saturated rings. The molecule has 1 heterocycles. The standard InChI is InChI=1S/C10H19N3S/c1-4-9(2)12(3)7-8-13-6-5-11-10(13)14/h5-6,9H,4,7-8H2,1-3H3,(H,11,14). The minimum absolute atomic E-state index is 0.642. The van der Waals surface area contributed by atoms with E-state index in [9.17, 15) is 0 Å². The van der Waals surface area contributed by atoms with Gasteiger partial charge in [0.05, 0.1) is 0 Å². The van der Waals surface area contributed by atoms with Gasteiger partial charge in [-0.1, -0.05) is 6.92 Å². The van der Waals surface area contributed by atoms with E-state index in [1.165, 1.54) is 6.42 Å². The molecule has 1 aromatic heterocycles. The average Bonchev–Trinajstić information content (AvgIpc) is 2.59. The van der Waals surface area contributed by atoms with Crippen LogP contribution in [0.5, 0.6) is 0 Å². The molecular formula is C10H19N3S. The van der Waals surface area contributed by atoms with Crippen molar-refractivity contribution in [2.75, 3.05) is 13.6 Å². The van der Waals surface area contributed by atoms with Gasteiger partial charge in [0.2, 0.25) is 0 Å². The van der Waals surface area contributed by atoms with E-state index in [2.05, 4.69) is 35.3 Å². The first-order valence-corrected chi connectivity index (χ1v) is 5.50. The fourth-order valence-corrected chi connectivity index (χ4v) is 1.54. The maximum absolute atomic E-state index is 5.12. The predicted octanol–water partition coefficient (Wildman–Crippen LogP) is 2.28. The van der Waals surface area contributed by atoms with Crippen molar-refractivity contribution in [1.82, 2.24) is 14.5 Å². The molecule has 1 rings (SSSR count). The lowest BCUT2D eigenvalue weighted by molar-refractivity contribution is 0.242. The summed E-state index contributed by atoms with van der Waals surface area (Å²) < 4.78 is 2.87. The van der Waals surface area contributed by atoms with Crippen LogP contribution in [0.2, 0.25) is 0 Å². The van der Waals surface area contributed by atoms with Gasteiger partial charge in [-0.05, 0) is 32.6 Å². The predicted molar refractivity (Wildman–Crippen MR) is 62.0 cm³/mol. The number of rotatable bonds is 5. The molecule has 0 aliphatic carbocycles. The Balaban J connectivity index is 2.41. The first-order chi connectivity index (χ1) is 6.65. The maximum atomic E-state index is 5.12. The maximum Gasteiger partial charge on any atom is 0.177 e. The van der Waals surface area contributed by atoms with E-state index in [1.54, 1.807) is 0 Å². The molecule has 0 radical (unpaired) electrons. The topological polar surface area (TPSA) is 24.0 Å². The van der Waals surface area contributed by atoms with Gasteiger partial charge in [-0.2, -0.15) is 0 Å². The summed E-state index contributed by atoms with van der Waals surface area (Å²) in [7, 11) is 2.16. The molecule has 1 atom stereocenters. The number of hydrogen-bond acceptors (Lipinski definition) is 2. The zero-order chi connectivity index (χ0) is 10.6. The van der Waals surface area contributed by atoms with Gasteiger partial charge in [-0.25, -0.2) is 0 Å². The minimum atomic E-state index is 0.642. The molecule has 0 saturated heterocycles. The largest absolute Gasteiger partial charge is 0.337 e. The molecule has 0 amide bonds. The van der Waals surface area contributed by atoms with Crippen LogP contribution in [0.15, 0.2) is 12.4 Å². The average molecular weight is 213 g/mol. The SMILES string of the molecule is CCC(C)N(C)CCn1cc[nH]c1=S. The first kappa shape index (κ1) is 11.5. The molecule has 1 aromatic rings. The highest BCUT2D eigenvalue weighted by molar-refractivity contribution is 7.71. The highest BCUT2D eigenvalue weighted by Gasteiger charge is 2.05. The van der Waals surface area contributed by atoms with Crippen LogP contribution in [0.25, 0.3) is 0 Å². The third-order valence-corrected chi connectivity index (χ3v) is 3.11. The molecule has 0 aliphatic heterocycles. The number of aromatic amines is 1. The molecule has 3 nitrogen and oxygen atoms in total. The summed E-state index contributed by atoms with van der Waals surface area (Å²) >= 11 is 5.12. The Morgan fingerprint density at radius 1 is 1.64 bits per heavy atom. The minimum Gasteiger partial charge on any atom is -0.337 e. The summed E-state index contributed by atoms with van der Waals surface area (Å²) in [6, 6.07) is 0.642. The molecule has 1 N–H and O–H groups in total. The Labute approximate surface area is 90.7 Å². The number of aromatic nitrogens is 2. The summed E-state index contributed by atoms with van der Waals surface area (Å²) in [5.41, 5.74) is 0. The lowest BCUT2D eigenvalue weighted by Crippen LogP contribution is -2.31. The lowest BCUT2D eigenvalue weighted by atomic mass is 10.2. The molecule has 1 unspecified atom stereocenters. The van der Waals surface area contributed by atoms with Crippen molar-refractivity contribution < 1.29 is 0 Å². The van der Waals surface area contributed by atoms with Crippen molar-refractivity contribution >= 4 is 12.2 Å². The second-order valence-electron chi connectivity index (χ2n) is 3.70. The van der Waals surface area contributed by atoms with Crippen LogP contribution in [-0.2, 0) is 6.54 Å². The van der Waals surface area contributed by atoms with E-state index in [0.717, 1.165) is 17.9 Å². The Morgan fingerprint density at radius 2 is 2.36 bits per heavy atom. The quantitative estimate of drug-likeness (QED) is 0.759.